The molecule has 0 heterocycles. The standard InChI is InChI=1S/C20H23NS/c1-13-8-6-9-14(2)19(13)18(22)12-17(5)21-20-15(3)10-7-11-16(20)4/h6-12,21H,1-5H3. The van der Waals surface area contributed by atoms with Crippen molar-refractivity contribution in [3.05, 3.63) is 76.0 Å². The monoisotopic (exact) mass is 309 g/mol. The molecule has 2 aromatic rings. The van der Waals surface area contributed by atoms with Crippen molar-refractivity contribution in [1.29, 1.82) is 0 Å². The van der Waals surface area contributed by atoms with Crippen LogP contribution in [0.4, 0.5) is 5.69 Å². The van der Waals surface area contributed by atoms with Gasteiger partial charge in [-0.3, -0.25) is 0 Å². The zero-order chi connectivity index (χ0) is 16.3. The van der Waals surface area contributed by atoms with Crippen LogP contribution in [-0.2, 0) is 0 Å². The molecule has 0 amide bonds. The van der Waals surface area contributed by atoms with Gasteiger partial charge in [0.1, 0.15) is 0 Å². The number of hydrogen-bond acceptors (Lipinski definition) is 2. The van der Waals surface area contributed by atoms with Crippen LogP contribution in [0.5, 0.6) is 0 Å². The van der Waals surface area contributed by atoms with E-state index < -0.39 is 0 Å². The smallest absolute Gasteiger partial charge is 0.0471 e. The van der Waals surface area contributed by atoms with Crippen LogP contribution in [0.3, 0.4) is 0 Å². The number of rotatable bonds is 4. The summed E-state index contributed by atoms with van der Waals surface area (Å²) < 4.78 is 0. The number of para-hydroxylation sites is 1. The summed E-state index contributed by atoms with van der Waals surface area (Å²) in [5.74, 6) is 0. The van der Waals surface area contributed by atoms with Gasteiger partial charge in [0, 0.05) is 16.2 Å². The molecular formula is C20H23NS. The number of benzene rings is 2. The molecule has 0 unspecified atom stereocenters. The van der Waals surface area contributed by atoms with E-state index in [0.717, 1.165) is 10.6 Å². The van der Waals surface area contributed by atoms with Crippen LogP contribution in [0.2, 0.25) is 0 Å². The van der Waals surface area contributed by atoms with Crippen LogP contribution in [-0.4, -0.2) is 4.86 Å². The summed E-state index contributed by atoms with van der Waals surface area (Å²) in [5.41, 5.74) is 8.32. The Morgan fingerprint density at radius 1 is 0.864 bits per heavy atom. The predicted molar refractivity (Wildman–Crippen MR) is 101 cm³/mol. The number of nitrogens with one attached hydrogen (secondary N) is 1. The molecule has 0 saturated carbocycles. The Bertz CT molecular complexity index is 701. The normalized spacial score (nSPS) is 11.4. The predicted octanol–water partition coefficient (Wildman–Crippen LogP) is 5.65. The van der Waals surface area contributed by atoms with Crippen molar-refractivity contribution in [3.63, 3.8) is 0 Å². The van der Waals surface area contributed by atoms with E-state index in [-0.39, 0.29) is 0 Å². The number of aryl methyl sites for hydroxylation is 4. The Morgan fingerprint density at radius 3 is 1.82 bits per heavy atom. The summed E-state index contributed by atoms with van der Waals surface area (Å²) in [6, 6.07) is 12.6. The summed E-state index contributed by atoms with van der Waals surface area (Å²) in [7, 11) is 0. The summed E-state index contributed by atoms with van der Waals surface area (Å²) in [5, 5.41) is 3.49. The van der Waals surface area contributed by atoms with Gasteiger partial charge in [-0.2, -0.15) is 0 Å². The van der Waals surface area contributed by atoms with Gasteiger partial charge in [-0.05, 0) is 68.5 Å². The van der Waals surface area contributed by atoms with E-state index in [4.69, 9.17) is 12.2 Å². The minimum absolute atomic E-state index is 0.881. The van der Waals surface area contributed by atoms with E-state index in [1.807, 2.05) is 0 Å². The Balaban J connectivity index is 2.28. The average molecular weight is 309 g/mol. The molecule has 1 nitrogen and oxygen atoms in total. The maximum atomic E-state index is 5.64. The summed E-state index contributed by atoms with van der Waals surface area (Å²) >= 11 is 5.64. The second kappa shape index (κ2) is 6.89. The van der Waals surface area contributed by atoms with Gasteiger partial charge in [-0.15, -0.1) is 0 Å². The first-order chi connectivity index (χ1) is 10.4. The first-order valence-electron chi connectivity index (χ1n) is 7.52. The summed E-state index contributed by atoms with van der Waals surface area (Å²) in [4.78, 5) is 0.881. The molecule has 0 aromatic heterocycles. The maximum absolute atomic E-state index is 5.64. The SMILES string of the molecule is CC(=CC(=S)c1c(C)cccc1C)Nc1c(C)cccc1C. The fourth-order valence-corrected chi connectivity index (χ4v) is 3.22. The van der Waals surface area contributed by atoms with Gasteiger partial charge in [0.15, 0.2) is 0 Å². The lowest BCUT2D eigenvalue weighted by atomic mass is 9.99. The van der Waals surface area contributed by atoms with Crippen molar-refractivity contribution in [2.45, 2.75) is 34.6 Å². The molecule has 2 rings (SSSR count). The lowest BCUT2D eigenvalue weighted by molar-refractivity contribution is 1.30. The van der Waals surface area contributed by atoms with Gasteiger partial charge >= 0.3 is 0 Å². The second-order valence-corrected chi connectivity index (χ2v) is 6.29. The Labute approximate surface area is 139 Å². The molecule has 0 bridgehead atoms. The van der Waals surface area contributed by atoms with Gasteiger partial charge in [0.05, 0.1) is 0 Å². The van der Waals surface area contributed by atoms with Crippen LogP contribution in [0, 0.1) is 27.7 Å². The molecule has 114 valence electrons. The molecule has 0 radical (unpaired) electrons. The first-order valence-corrected chi connectivity index (χ1v) is 7.93. The molecule has 0 atom stereocenters. The number of allylic oxidation sites excluding steroid dienone is 2. The zero-order valence-electron chi connectivity index (χ0n) is 13.9. The lowest BCUT2D eigenvalue weighted by Crippen LogP contribution is -2.05. The van der Waals surface area contributed by atoms with Gasteiger partial charge in [-0.25, -0.2) is 0 Å². The Hall–Kier alpha value is -1.93. The lowest BCUT2D eigenvalue weighted by Gasteiger charge is -2.14. The summed E-state index contributed by atoms with van der Waals surface area (Å²) in [6.45, 7) is 10.5. The van der Waals surface area contributed by atoms with Crippen LogP contribution in [0.1, 0.15) is 34.7 Å². The topological polar surface area (TPSA) is 12.0 Å². The molecule has 0 spiro atoms. The number of thiocarbonyl (C=S) groups is 1. The highest BCUT2D eigenvalue weighted by atomic mass is 32.1. The third-order valence-corrected chi connectivity index (χ3v) is 4.20. The van der Waals surface area contributed by atoms with E-state index in [1.165, 1.54) is 33.5 Å². The van der Waals surface area contributed by atoms with Gasteiger partial charge in [0.2, 0.25) is 0 Å². The van der Waals surface area contributed by atoms with Crippen LogP contribution < -0.4 is 5.32 Å². The third-order valence-electron chi connectivity index (χ3n) is 3.88. The van der Waals surface area contributed by atoms with E-state index in [9.17, 15) is 0 Å². The molecule has 2 heteroatoms. The fraction of sp³-hybridized carbons (Fsp3) is 0.250. The molecule has 0 aliphatic rings. The van der Waals surface area contributed by atoms with Crippen molar-refractivity contribution in [1.82, 2.24) is 0 Å². The molecule has 1 N–H and O–H groups in total. The van der Waals surface area contributed by atoms with E-state index in [0.29, 0.717) is 0 Å². The van der Waals surface area contributed by atoms with Crippen molar-refractivity contribution in [3.8, 4) is 0 Å². The first kappa shape index (κ1) is 16.4. The van der Waals surface area contributed by atoms with Crippen molar-refractivity contribution < 1.29 is 0 Å². The molecule has 0 aliphatic carbocycles. The van der Waals surface area contributed by atoms with Gasteiger partial charge in [0.25, 0.3) is 0 Å². The number of hydrogen-bond donors (Lipinski definition) is 1. The van der Waals surface area contributed by atoms with E-state index in [2.05, 4.69) is 82.4 Å². The molecule has 22 heavy (non-hydrogen) atoms. The third kappa shape index (κ3) is 3.63. The Morgan fingerprint density at radius 2 is 1.32 bits per heavy atom. The minimum atomic E-state index is 0.881. The van der Waals surface area contributed by atoms with E-state index in [1.54, 1.807) is 0 Å². The van der Waals surface area contributed by atoms with Crippen LogP contribution >= 0.6 is 12.2 Å². The number of anilines is 1. The quantitative estimate of drug-likeness (QED) is 0.444. The van der Waals surface area contributed by atoms with Crippen molar-refractivity contribution in [2.24, 2.45) is 0 Å². The summed E-state index contributed by atoms with van der Waals surface area (Å²) in [6.07, 6.45) is 2.05. The van der Waals surface area contributed by atoms with Crippen LogP contribution in [0.15, 0.2) is 48.2 Å². The van der Waals surface area contributed by atoms with Crippen molar-refractivity contribution >= 4 is 22.8 Å². The molecule has 0 aliphatic heterocycles. The average Bonchev–Trinajstić information content (AvgIpc) is 2.43. The van der Waals surface area contributed by atoms with Crippen LogP contribution in [0.25, 0.3) is 0 Å². The fourth-order valence-electron chi connectivity index (χ4n) is 2.72. The largest absolute Gasteiger partial charge is 0.359 e. The highest BCUT2D eigenvalue weighted by molar-refractivity contribution is 7.81. The highest BCUT2D eigenvalue weighted by Gasteiger charge is 2.07. The molecule has 2 aromatic carbocycles. The molecular weight excluding hydrogens is 286 g/mol. The Kier molecular flexibility index (Phi) is 5.15. The van der Waals surface area contributed by atoms with Crippen molar-refractivity contribution in [2.75, 3.05) is 5.32 Å². The van der Waals surface area contributed by atoms with Gasteiger partial charge in [-0.1, -0.05) is 48.6 Å². The van der Waals surface area contributed by atoms with E-state index >= 15 is 0 Å². The maximum Gasteiger partial charge on any atom is 0.0471 e. The van der Waals surface area contributed by atoms with Gasteiger partial charge < -0.3 is 5.32 Å². The zero-order valence-corrected chi connectivity index (χ0v) is 14.8. The molecule has 0 fully saturated rings. The molecule has 0 saturated heterocycles. The second-order valence-electron chi connectivity index (χ2n) is 5.85. The minimum Gasteiger partial charge on any atom is -0.359 e. The highest BCUT2D eigenvalue weighted by Crippen LogP contribution is 2.22.